The fourth-order valence-corrected chi connectivity index (χ4v) is 1.48. The van der Waals surface area contributed by atoms with Gasteiger partial charge in [-0.05, 0) is 29.3 Å². The number of benzene rings is 1. The highest BCUT2D eigenvalue weighted by Crippen LogP contribution is 2.15. The molecule has 1 aromatic carbocycles. The highest BCUT2D eigenvalue weighted by atomic mass is 35.5. The zero-order valence-electron chi connectivity index (χ0n) is 9.63. The van der Waals surface area contributed by atoms with Crippen LogP contribution in [0.5, 0.6) is 11.8 Å². The van der Waals surface area contributed by atoms with Gasteiger partial charge in [0.25, 0.3) is 0 Å². The molecular formula is C11H11ClN4O2. The molecule has 0 atom stereocenters. The lowest BCUT2D eigenvalue weighted by Gasteiger charge is -2.06. The molecule has 2 N–H and O–H groups in total. The minimum absolute atomic E-state index is 0.00291. The number of nitrogens with zero attached hydrogens (tertiary/aromatic N) is 3. The highest BCUT2D eigenvalue weighted by molar-refractivity contribution is 6.28. The standard InChI is InChI=1S/C11H11ClN4O2/c1-17-8-4-2-3-7(5-8)6-18-11-15-9(12)14-10(13)16-11/h2-5H,6H2,1H3,(H2,13,14,15,16). The lowest BCUT2D eigenvalue weighted by Crippen LogP contribution is -2.04. The Labute approximate surface area is 109 Å². The van der Waals surface area contributed by atoms with Crippen LogP contribution in [-0.2, 0) is 6.61 Å². The van der Waals surface area contributed by atoms with Crippen molar-refractivity contribution in [3.63, 3.8) is 0 Å². The van der Waals surface area contributed by atoms with E-state index in [4.69, 9.17) is 26.8 Å². The summed E-state index contributed by atoms with van der Waals surface area (Å²) in [5.74, 6) is 0.778. The number of ether oxygens (including phenoxy) is 2. The number of nitrogen functional groups attached to an aromatic ring is 1. The monoisotopic (exact) mass is 266 g/mol. The lowest BCUT2D eigenvalue weighted by atomic mass is 10.2. The van der Waals surface area contributed by atoms with Gasteiger partial charge < -0.3 is 15.2 Å². The summed E-state index contributed by atoms with van der Waals surface area (Å²) in [6.07, 6.45) is 0. The molecule has 0 aliphatic rings. The molecule has 1 aromatic heterocycles. The third kappa shape index (κ3) is 3.21. The van der Waals surface area contributed by atoms with Crippen molar-refractivity contribution < 1.29 is 9.47 Å². The molecule has 0 radical (unpaired) electrons. The number of halogens is 1. The van der Waals surface area contributed by atoms with Crippen LogP contribution in [0, 0.1) is 0 Å². The maximum atomic E-state index is 5.64. The summed E-state index contributed by atoms with van der Waals surface area (Å²) in [5, 5.41) is 0.00291. The molecule has 7 heteroatoms. The topological polar surface area (TPSA) is 83.2 Å². The SMILES string of the molecule is COc1cccc(COc2nc(N)nc(Cl)n2)c1. The van der Waals surface area contributed by atoms with Crippen LogP contribution in [0.2, 0.25) is 5.28 Å². The van der Waals surface area contributed by atoms with Crippen molar-refractivity contribution >= 4 is 17.5 Å². The van der Waals surface area contributed by atoms with Gasteiger partial charge >= 0.3 is 6.01 Å². The Hall–Kier alpha value is -2.08. The Morgan fingerprint density at radius 2 is 2.11 bits per heavy atom. The number of nitrogens with two attached hydrogens (primary N) is 1. The van der Waals surface area contributed by atoms with Gasteiger partial charge in [-0.1, -0.05) is 12.1 Å². The molecule has 6 nitrogen and oxygen atoms in total. The molecular weight excluding hydrogens is 256 g/mol. The first-order valence-electron chi connectivity index (χ1n) is 5.10. The molecule has 2 rings (SSSR count). The maximum absolute atomic E-state index is 5.64. The summed E-state index contributed by atoms with van der Waals surface area (Å²) in [5.41, 5.74) is 6.35. The molecule has 0 aliphatic heterocycles. The molecule has 0 fully saturated rings. The average molecular weight is 267 g/mol. The summed E-state index contributed by atoms with van der Waals surface area (Å²) in [7, 11) is 1.60. The van der Waals surface area contributed by atoms with Gasteiger partial charge in [-0.2, -0.15) is 15.0 Å². The van der Waals surface area contributed by atoms with Crippen LogP contribution in [0.25, 0.3) is 0 Å². The van der Waals surface area contributed by atoms with Gasteiger partial charge in [0.2, 0.25) is 11.2 Å². The first-order chi connectivity index (χ1) is 8.67. The van der Waals surface area contributed by atoms with Gasteiger partial charge in [0, 0.05) is 0 Å². The minimum atomic E-state index is 0.00291. The second-order valence-electron chi connectivity index (χ2n) is 3.39. The lowest BCUT2D eigenvalue weighted by molar-refractivity contribution is 0.279. The predicted molar refractivity (Wildman–Crippen MR) is 66.6 cm³/mol. The summed E-state index contributed by atoms with van der Waals surface area (Å²) >= 11 is 5.64. The highest BCUT2D eigenvalue weighted by Gasteiger charge is 2.04. The molecule has 94 valence electrons. The quantitative estimate of drug-likeness (QED) is 0.907. The van der Waals surface area contributed by atoms with E-state index in [0.717, 1.165) is 11.3 Å². The summed E-state index contributed by atoms with van der Waals surface area (Å²) < 4.78 is 10.5. The van der Waals surface area contributed by atoms with E-state index in [-0.39, 0.29) is 23.8 Å². The van der Waals surface area contributed by atoms with E-state index in [0.29, 0.717) is 0 Å². The number of anilines is 1. The van der Waals surface area contributed by atoms with Crippen molar-refractivity contribution in [2.24, 2.45) is 0 Å². The molecule has 0 saturated carbocycles. The largest absolute Gasteiger partial charge is 0.497 e. The molecule has 0 aliphatic carbocycles. The van der Waals surface area contributed by atoms with Crippen LogP contribution in [0.1, 0.15) is 5.56 Å². The molecule has 0 unspecified atom stereocenters. The van der Waals surface area contributed by atoms with E-state index in [1.807, 2.05) is 24.3 Å². The predicted octanol–water partition coefficient (Wildman–Crippen LogP) is 1.69. The Morgan fingerprint density at radius 3 is 2.83 bits per heavy atom. The molecule has 0 spiro atoms. The van der Waals surface area contributed by atoms with Gasteiger partial charge in [-0.25, -0.2) is 0 Å². The first-order valence-corrected chi connectivity index (χ1v) is 5.48. The van der Waals surface area contributed by atoms with Gasteiger partial charge in [-0.3, -0.25) is 0 Å². The third-order valence-corrected chi connectivity index (χ3v) is 2.28. The van der Waals surface area contributed by atoms with E-state index in [9.17, 15) is 0 Å². The summed E-state index contributed by atoms with van der Waals surface area (Å²) in [6.45, 7) is 0.289. The fraction of sp³-hybridized carbons (Fsp3) is 0.182. The van der Waals surface area contributed by atoms with Crippen LogP contribution in [0.15, 0.2) is 24.3 Å². The Kier molecular flexibility index (Phi) is 3.78. The van der Waals surface area contributed by atoms with Gasteiger partial charge in [0.05, 0.1) is 7.11 Å². The number of hydrogen-bond acceptors (Lipinski definition) is 6. The average Bonchev–Trinajstić information content (AvgIpc) is 2.35. The van der Waals surface area contributed by atoms with E-state index in [1.165, 1.54) is 0 Å². The molecule has 0 saturated heterocycles. The Morgan fingerprint density at radius 1 is 1.28 bits per heavy atom. The normalized spacial score (nSPS) is 10.1. The van der Waals surface area contributed by atoms with Crippen molar-refractivity contribution in [1.29, 1.82) is 0 Å². The first kappa shape index (κ1) is 12.4. The molecule has 18 heavy (non-hydrogen) atoms. The molecule has 0 bridgehead atoms. The second-order valence-corrected chi connectivity index (χ2v) is 3.72. The number of rotatable bonds is 4. The van der Waals surface area contributed by atoms with Crippen molar-refractivity contribution in [1.82, 2.24) is 15.0 Å². The minimum Gasteiger partial charge on any atom is -0.497 e. The summed E-state index contributed by atoms with van der Waals surface area (Å²) in [4.78, 5) is 11.2. The number of methoxy groups -OCH3 is 1. The zero-order chi connectivity index (χ0) is 13.0. The number of aromatic nitrogens is 3. The maximum Gasteiger partial charge on any atom is 0.322 e. The molecule has 0 amide bonds. The molecule has 2 aromatic rings. The third-order valence-electron chi connectivity index (χ3n) is 2.11. The van der Waals surface area contributed by atoms with E-state index in [1.54, 1.807) is 7.11 Å². The van der Waals surface area contributed by atoms with Crippen molar-refractivity contribution in [3.05, 3.63) is 35.1 Å². The van der Waals surface area contributed by atoms with Crippen LogP contribution in [0.4, 0.5) is 5.95 Å². The van der Waals surface area contributed by atoms with Gasteiger partial charge in [0.15, 0.2) is 0 Å². The van der Waals surface area contributed by atoms with Crippen LogP contribution >= 0.6 is 11.6 Å². The van der Waals surface area contributed by atoms with Crippen LogP contribution < -0.4 is 15.2 Å². The van der Waals surface area contributed by atoms with Gasteiger partial charge in [0.1, 0.15) is 12.4 Å². The molecule has 1 heterocycles. The second kappa shape index (κ2) is 5.50. The smallest absolute Gasteiger partial charge is 0.322 e. The van der Waals surface area contributed by atoms with Crippen LogP contribution in [-0.4, -0.2) is 22.1 Å². The van der Waals surface area contributed by atoms with Gasteiger partial charge in [-0.15, -0.1) is 0 Å². The Balaban J connectivity index is 2.06. The van der Waals surface area contributed by atoms with E-state index < -0.39 is 0 Å². The number of hydrogen-bond donors (Lipinski definition) is 1. The zero-order valence-corrected chi connectivity index (χ0v) is 10.4. The van der Waals surface area contributed by atoms with Crippen molar-refractivity contribution in [2.45, 2.75) is 6.61 Å². The van der Waals surface area contributed by atoms with E-state index in [2.05, 4.69) is 15.0 Å². The summed E-state index contributed by atoms with van der Waals surface area (Å²) in [6, 6.07) is 7.56. The van der Waals surface area contributed by atoms with Crippen molar-refractivity contribution in [3.8, 4) is 11.8 Å². The van der Waals surface area contributed by atoms with E-state index >= 15 is 0 Å². The van der Waals surface area contributed by atoms with Crippen molar-refractivity contribution in [2.75, 3.05) is 12.8 Å². The van der Waals surface area contributed by atoms with Crippen LogP contribution in [0.3, 0.4) is 0 Å². The fourth-order valence-electron chi connectivity index (χ4n) is 1.32. The Bertz CT molecular complexity index is 530.